The van der Waals surface area contributed by atoms with Gasteiger partial charge < -0.3 is 29.6 Å². The van der Waals surface area contributed by atoms with Crippen molar-refractivity contribution in [3.63, 3.8) is 0 Å². The first-order valence-electron chi connectivity index (χ1n) is 13.8. The highest BCUT2D eigenvalue weighted by Crippen LogP contribution is 2.32. The van der Waals surface area contributed by atoms with E-state index in [-0.39, 0.29) is 48.4 Å². The molecule has 3 aromatic carbocycles. The lowest BCUT2D eigenvalue weighted by molar-refractivity contribution is -0.123. The van der Waals surface area contributed by atoms with Crippen LogP contribution in [0.15, 0.2) is 53.4 Å². The summed E-state index contributed by atoms with van der Waals surface area (Å²) in [5.74, 6) is 0.681. The third-order valence-electron chi connectivity index (χ3n) is 7.52. The Kier molecular flexibility index (Phi) is 8.52. The average Bonchev–Trinajstić information content (AvgIpc) is 3.36. The molecule has 0 spiro atoms. The summed E-state index contributed by atoms with van der Waals surface area (Å²) in [5, 5.41) is 5.75. The van der Waals surface area contributed by atoms with Gasteiger partial charge in [-0.05, 0) is 56.2 Å². The third kappa shape index (κ3) is 6.40. The van der Waals surface area contributed by atoms with Crippen LogP contribution in [0.1, 0.15) is 32.6 Å². The van der Waals surface area contributed by atoms with Crippen molar-refractivity contribution >= 4 is 21.8 Å². The van der Waals surface area contributed by atoms with Gasteiger partial charge >= 0.3 is 0 Å². The second-order valence-corrected chi connectivity index (χ2v) is 12.6. The molecular weight excluding hydrogens is 574 g/mol. The number of carbonyl (C=O) groups excluding carboxylic acids is 2. The van der Waals surface area contributed by atoms with Crippen LogP contribution in [0.25, 0.3) is 0 Å². The Morgan fingerprint density at radius 3 is 2.35 bits per heavy atom. The van der Waals surface area contributed by atoms with Crippen LogP contribution in [0.2, 0.25) is 0 Å². The maximum Gasteiger partial charge on any atom is 0.258 e. The standard InChI is InChI=1S/C31H35N3O8S/c1-18-8-19(2)30(20(3)9-18)43(37,38)34-15-26-28(16-34)42-23-7-6-21(27(13-23)40-5)14-32-29(35)17-41-25-11-22(31(36)33-26)10-24(12-25)39-4/h6-13,26,28H,14-17H2,1-5H3,(H,32,35)(H,33,36)/t26-,28-/m0/s1. The molecular formula is C31H35N3O8S. The molecule has 11 nitrogen and oxygen atoms in total. The molecule has 0 radical (unpaired) electrons. The molecule has 2 atom stereocenters. The zero-order chi connectivity index (χ0) is 30.9. The van der Waals surface area contributed by atoms with Crippen LogP contribution in [0, 0.1) is 20.8 Å². The average molecular weight is 610 g/mol. The van der Waals surface area contributed by atoms with Crippen molar-refractivity contribution in [2.24, 2.45) is 0 Å². The monoisotopic (exact) mass is 609 g/mol. The molecule has 0 unspecified atom stereocenters. The maximum absolute atomic E-state index is 14.0. The molecule has 0 aliphatic carbocycles. The van der Waals surface area contributed by atoms with E-state index in [2.05, 4.69) is 10.6 Å². The first-order valence-corrected chi connectivity index (χ1v) is 15.2. The van der Waals surface area contributed by atoms with Crippen molar-refractivity contribution in [2.75, 3.05) is 33.9 Å². The highest BCUT2D eigenvalue weighted by atomic mass is 32.2. The molecule has 228 valence electrons. The summed E-state index contributed by atoms with van der Waals surface area (Å²) in [6.45, 7) is 5.38. The van der Waals surface area contributed by atoms with Gasteiger partial charge in [-0.2, -0.15) is 4.31 Å². The van der Waals surface area contributed by atoms with Gasteiger partial charge in [0.15, 0.2) is 6.61 Å². The van der Waals surface area contributed by atoms with E-state index in [0.29, 0.717) is 33.9 Å². The fourth-order valence-corrected chi connectivity index (χ4v) is 7.45. The van der Waals surface area contributed by atoms with E-state index < -0.39 is 28.1 Å². The quantitative estimate of drug-likeness (QED) is 0.462. The number of methoxy groups -OCH3 is 2. The van der Waals surface area contributed by atoms with Crippen LogP contribution in [0.5, 0.6) is 23.0 Å². The molecule has 3 heterocycles. The van der Waals surface area contributed by atoms with Crippen LogP contribution in [-0.2, 0) is 21.4 Å². The molecule has 3 aliphatic heterocycles. The number of nitrogens with zero attached hydrogens (tertiary/aromatic N) is 1. The van der Waals surface area contributed by atoms with E-state index in [0.717, 1.165) is 5.56 Å². The largest absolute Gasteiger partial charge is 0.497 e. The highest BCUT2D eigenvalue weighted by molar-refractivity contribution is 7.89. The number of carbonyl (C=O) groups is 2. The van der Waals surface area contributed by atoms with E-state index in [4.69, 9.17) is 18.9 Å². The first kappa shape index (κ1) is 30.2. The summed E-state index contributed by atoms with van der Waals surface area (Å²) in [7, 11) is -0.957. The minimum absolute atomic E-state index is 0.00658. The lowest BCUT2D eigenvalue weighted by Gasteiger charge is -2.22. The Balaban J connectivity index is 1.54. The molecule has 12 heteroatoms. The number of hydrogen-bond donors (Lipinski definition) is 2. The van der Waals surface area contributed by atoms with Gasteiger partial charge in [-0.25, -0.2) is 8.42 Å². The maximum atomic E-state index is 14.0. The number of ether oxygens (including phenoxy) is 4. The summed E-state index contributed by atoms with van der Waals surface area (Å²) in [5.41, 5.74) is 3.21. The predicted octanol–water partition coefficient (Wildman–Crippen LogP) is 2.89. The van der Waals surface area contributed by atoms with Crippen molar-refractivity contribution < 1.29 is 37.0 Å². The van der Waals surface area contributed by atoms with Crippen molar-refractivity contribution in [1.82, 2.24) is 14.9 Å². The molecule has 2 N–H and O–H groups in total. The van der Waals surface area contributed by atoms with Crippen LogP contribution in [0.4, 0.5) is 0 Å². The number of fused-ring (bicyclic) bond motifs is 7. The molecule has 1 fully saturated rings. The minimum atomic E-state index is -3.92. The number of benzene rings is 3. The Hall–Kier alpha value is -4.29. The number of nitrogens with one attached hydrogen (secondary N) is 2. The highest BCUT2D eigenvalue weighted by Gasteiger charge is 2.42. The Bertz CT molecular complexity index is 1650. The van der Waals surface area contributed by atoms with Crippen molar-refractivity contribution in [2.45, 2.75) is 44.4 Å². The van der Waals surface area contributed by atoms with Gasteiger partial charge in [0.25, 0.3) is 11.8 Å². The number of aryl methyl sites for hydroxylation is 3. The third-order valence-corrected chi connectivity index (χ3v) is 9.66. The normalized spacial score (nSPS) is 19.4. The summed E-state index contributed by atoms with van der Waals surface area (Å²) in [4.78, 5) is 26.3. The number of amides is 2. The topological polar surface area (TPSA) is 132 Å². The summed E-state index contributed by atoms with van der Waals surface area (Å²) in [6.07, 6.45) is -0.725. The zero-order valence-corrected chi connectivity index (χ0v) is 25.5. The van der Waals surface area contributed by atoms with Gasteiger partial charge in [-0.3, -0.25) is 9.59 Å². The van der Waals surface area contributed by atoms with E-state index in [9.17, 15) is 18.0 Å². The molecule has 43 heavy (non-hydrogen) atoms. The van der Waals surface area contributed by atoms with E-state index in [1.165, 1.54) is 30.7 Å². The van der Waals surface area contributed by atoms with Crippen LogP contribution >= 0.6 is 0 Å². The first-order chi connectivity index (χ1) is 20.5. The van der Waals surface area contributed by atoms with Gasteiger partial charge in [0.1, 0.15) is 29.1 Å². The number of hydrogen-bond acceptors (Lipinski definition) is 8. The lowest BCUT2D eigenvalue weighted by Crippen LogP contribution is -2.45. The molecule has 6 rings (SSSR count). The minimum Gasteiger partial charge on any atom is -0.497 e. The summed E-state index contributed by atoms with van der Waals surface area (Å²) < 4.78 is 52.2. The molecule has 2 amide bonds. The zero-order valence-electron chi connectivity index (χ0n) is 24.7. The number of sulfonamides is 1. The van der Waals surface area contributed by atoms with E-state index >= 15 is 0 Å². The van der Waals surface area contributed by atoms with Gasteiger partial charge in [-0.1, -0.05) is 17.7 Å². The van der Waals surface area contributed by atoms with Gasteiger partial charge in [0.05, 0.1) is 31.7 Å². The SMILES string of the molecule is COc1cc2cc(c1)C(=O)N[C@H]1CN(S(=O)(=O)c3c(C)cc(C)cc3C)C[C@@H]1Oc1ccc(c(OC)c1)CNC(=O)CO2. The molecule has 4 bridgehead atoms. The smallest absolute Gasteiger partial charge is 0.258 e. The fourth-order valence-electron chi connectivity index (χ4n) is 5.56. The lowest BCUT2D eigenvalue weighted by atomic mass is 10.1. The molecule has 0 saturated carbocycles. The Morgan fingerprint density at radius 1 is 0.907 bits per heavy atom. The second-order valence-electron chi connectivity index (χ2n) is 10.7. The molecule has 3 aliphatic rings. The van der Waals surface area contributed by atoms with E-state index in [1.807, 2.05) is 19.1 Å². The molecule has 3 aromatic rings. The number of rotatable bonds is 4. The summed E-state index contributed by atoms with van der Waals surface area (Å²) in [6, 6.07) is 12.8. The van der Waals surface area contributed by atoms with Crippen molar-refractivity contribution in [1.29, 1.82) is 0 Å². The molecule has 0 aromatic heterocycles. The van der Waals surface area contributed by atoms with Crippen LogP contribution < -0.4 is 29.6 Å². The van der Waals surface area contributed by atoms with Gasteiger partial charge in [0, 0.05) is 36.3 Å². The predicted molar refractivity (Wildman–Crippen MR) is 158 cm³/mol. The molecule has 1 saturated heterocycles. The van der Waals surface area contributed by atoms with Crippen LogP contribution in [-0.4, -0.2) is 70.6 Å². The van der Waals surface area contributed by atoms with E-state index in [1.54, 1.807) is 38.1 Å². The van der Waals surface area contributed by atoms with Crippen molar-refractivity contribution in [3.05, 3.63) is 76.3 Å². The fraction of sp³-hybridized carbons (Fsp3) is 0.355. The summed E-state index contributed by atoms with van der Waals surface area (Å²) >= 11 is 0. The van der Waals surface area contributed by atoms with Gasteiger partial charge in [0.2, 0.25) is 10.0 Å². The Morgan fingerprint density at radius 2 is 1.65 bits per heavy atom. The van der Waals surface area contributed by atoms with Crippen molar-refractivity contribution in [3.8, 4) is 23.0 Å². The van der Waals surface area contributed by atoms with Crippen LogP contribution in [0.3, 0.4) is 0 Å². The second kappa shape index (κ2) is 12.1. The Labute approximate surface area is 251 Å². The van der Waals surface area contributed by atoms with Gasteiger partial charge in [-0.15, -0.1) is 0 Å².